The van der Waals surface area contributed by atoms with Gasteiger partial charge in [-0.2, -0.15) is 0 Å². The van der Waals surface area contributed by atoms with E-state index < -0.39 is 17.1 Å². The molecule has 1 atom stereocenters. The quantitative estimate of drug-likeness (QED) is 0.564. The Bertz CT molecular complexity index is 611. The molecule has 2 rings (SSSR count). The van der Waals surface area contributed by atoms with Crippen LogP contribution in [-0.4, -0.2) is 38.9 Å². The molecular weight excluding hydrogens is 270 g/mol. The van der Waals surface area contributed by atoms with Crippen molar-refractivity contribution in [1.82, 2.24) is 4.98 Å². The molecule has 0 bridgehead atoms. The number of aromatic nitrogens is 1. The molecule has 0 aliphatic heterocycles. The first-order valence-electron chi connectivity index (χ1n) is 5.52. The highest BCUT2D eigenvalue weighted by Crippen LogP contribution is 2.34. The van der Waals surface area contributed by atoms with Crippen molar-refractivity contribution in [3.8, 4) is 0 Å². The highest BCUT2D eigenvalue weighted by Gasteiger charge is 2.24. The van der Waals surface area contributed by atoms with Crippen LogP contribution in [0.3, 0.4) is 0 Å². The van der Waals surface area contributed by atoms with E-state index in [0.717, 1.165) is 4.70 Å². The SMILES string of the molecule is CC(O)(CO)CNc1ccc2scnc2c1[N+](=O)[O-]. The molecule has 3 N–H and O–H groups in total. The zero-order valence-corrected chi connectivity index (χ0v) is 11.0. The second kappa shape index (κ2) is 5.08. The lowest BCUT2D eigenvalue weighted by Crippen LogP contribution is -2.37. The van der Waals surface area contributed by atoms with Crippen molar-refractivity contribution >= 4 is 32.9 Å². The molecule has 1 unspecified atom stereocenters. The smallest absolute Gasteiger partial charge is 0.319 e. The molecule has 1 aromatic carbocycles. The van der Waals surface area contributed by atoms with Gasteiger partial charge in [0.25, 0.3) is 0 Å². The van der Waals surface area contributed by atoms with E-state index in [9.17, 15) is 15.2 Å². The minimum Gasteiger partial charge on any atom is -0.393 e. The van der Waals surface area contributed by atoms with Crippen molar-refractivity contribution in [1.29, 1.82) is 0 Å². The fourth-order valence-electron chi connectivity index (χ4n) is 1.59. The van der Waals surface area contributed by atoms with Crippen LogP contribution in [0, 0.1) is 10.1 Å². The molecule has 0 spiro atoms. The van der Waals surface area contributed by atoms with Gasteiger partial charge in [-0.05, 0) is 19.1 Å². The number of benzene rings is 1. The Morgan fingerprint density at radius 2 is 2.32 bits per heavy atom. The number of hydrogen-bond donors (Lipinski definition) is 3. The minimum absolute atomic E-state index is 0.0000161. The first kappa shape index (κ1) is 13.7. The van der Waals surface area contributed by atoms with E-state index in [-0.39, 0.29) is 17.9 Å². The number of aliphatic hydroxyl groups excluding tert-OH is 1. The molecule has 19 heavy (non-hydrogen) atoms. The fraction of sp³-hybridized carbons (Fsp3) is 0.364. The van der Waals surface area contributed by atoms with Crippen LogP contribution in [0.5, 0.6) is 0 Å². The van der Waals surface area contributed by atoms with Crippen LogP contribution >= 0.6 is 11.3 Å². The second-order valence-corrected chi connectivity index (χ2v) is 5.31. The van der Waals surface area contributed by atoms with Crippen molar-refractivity contribution in [2.24, 2.45) is 0 Å². The highest BCUT2D eigenvalue weighted by atomic mass is 32.1. The summed E-state index contributed by atoms with van der Waals surface area (Å²) in [5, 5.41) is 32.6. The lowest BCUT2D eigenvalue weighted by Gasteiger charge is -2.21. The molecule has 102 valence electrons. The number of nitrogens with one attached hydrogen (secondary N) is 1. The molecule has 0 saturated heterocycles. The summed E-state index contributed by atoms with van der Waals surface area (Å²) < 4.78 is 0.728. The summed E-state index contributed by atoms with van der Waals surface area (Å²) >= 11 is 1.32. The van der Waals surface area contributed by atoms with Crippen molar-refractivity contribution in [3.63, 3.8) is 0 Å². The number of rotatable bonds is 5. The maximum absolute atomic E-state index is 11.1. The maximum Gasteiger partial charge on any atom is 0.319 e. The zero-order valence-electron chi connectivity index (χ0n) is 10.2. The largest absolute Gasteiger partial charge is 0.393 e. The number of aliphatic hydroxyl groups is 2. The Balaban J connectivity index is 2.37. The lowest BCUT2D eigenvalue weighted by molar-refractivity contribution is -0.382. The molecule has 1 aromatic heterocycles. The third-order valence-corrected chi connectivity index (χ3v) is 3.45. The molecule has 0 saturated carbocycles. The van der Waals surface area contributed by atoms with E-state index in [1.165, 1.54) is 18.3 Å². The molecular formula is C11H13N3O4S. The standard InChI is InChI=1S/C11H13N3O4S/c1-11(16,5-15)4-12-7-2-3-8-9(13-6-19-8)10(7)14(17)18/h2-3,6,12,15-16H,4-5H2,1H3. The van der Waals surface area contributed by atoms with Crippen molar-refractivity contribution in [2.45, 2.75) is 12.5 Å². The predicted octanol–water partition coefficient (Wildman–Crippen LogP) is 1.36. The molecule has 7 nitrogen and oxygen atoms in total. The van der Waals surface area contributed by atoms with Crippen LogP contribution in [0.4, 0.5) is 11.4 Å². The number of thiazole rings is 1. The van der Waals surface area contributed by atoms with E-state index in [2.05, 4.69) is 10.3 Å². The normalized spacial score (nSPS) is 14.3. The first-order chi connectivity index (χ1) is 8.94. The van der Waals surface area contributed by atoms with Gasteiger partial charge in [-0.25, -0.2) is 4.98 Å². The van der Waals surface area contributed by atoms with Crippen LogP contribution in [0.15, 0.2) is 17.6 Å². The molecule has 0 radical (unpaired) electrons. The van der Waals surface area contributed by atoms with Gasteiger partial charge >= 0.3 is 5.69 Å². The number of nitro groups is 1. The van der Waals surface area contributed by atoms with Gasteiger partial charge in [0.2, 0.25) is 0 Å². The number of hydrogen-bond acceptors (Lipinski definition) is 7. The lowest BCUT2D eigenvalue weighted by atomic mass is 10.1. The van der Waals surface area contributed by atoms with Gasteiger partial charge in [0.1, 0.15) is 11.3 Å². The summed E-state index contributed by atoms with van der Waals surface area (Å²) in [5.74, 6) is 0. The van der Waals surface area contributed by atoms with E-state index in [0.29, 0.717) is 5.52 Å². The highest BCUT2D eigenvalue weighted by molar-refractivity contribution is 7.16. The fourth-order valence-corrected chi connectivity index (χ4v) is 2.27. The average molecular weight is 283 g/mol. The summed E-state index contributed by atoms with van der Waals surface area (Å²) in [6, 6.07) is 3.31. The molecule has 8 heteroatoms. The van der Waals surface area contributed by atoms with Crippen LogP contribution in [0.2, 0.25) is 0 Å². The molecule has 1 heterocycles. The van der Waals surface area contributed by atoms with Gasteiger partial charge in [0.05, 0.1) is 21.7 Å². The van der Waals surface area contributed by atoms with Crippen molar-refractivity contribution in [3.05, 3.63) is 27.8 Å². The Labute approximate surface area is 112 Å². The Morgan fingerprint density at radius 1 is 1.58 bits per heavy atom. The average Bonchev–Trinajstić information content (AvgIpc) is 2.83. The van der Waals surface area contributed by atoms with E-state index in [1.807, 2.05) is 0 Å². The molecule has 0 aliphatic carbocycles. The third-order valence-electron chi connectivity index (χ3n) is 2.66. The number of nitrogens with zero attached hydrogens (tertiary/aromatic N) is 2. The van der Waals surface area contributed by atoms with Crippen LogP contribution < -0.4 is 5.32 Å². The monoisotopic (exact) mass is 283 g/mol. The van der Waals surface area contributed by atoms with Gasteiger partial charge in [-0.3, -0.25) is 10.1 Å². The summed E-state index contributed by atoms with van der Waals surface area (Å²) in [6.07, 6.45) is 0. The van der Waals surface area contributed by atoms with Gasteiger partial charge < -0.3 is 15.5 Å². The maximum atomic E-state index is 11.1. The summed E-state index contributed by atoms with van der Waals surface area (Å²) in [6.45, 7) is 1.000. The number of anilines is 1. The Morgan fingerprint density at radius 3 is 2.95 bits per heavy atom. The molecule has 0 fully saturated rings. The number of nitro benzene ring substituents is 1. The predicted molar refractivity (Wildman–Crippen MR) is 72.5 cm³/mol. The Hall–Kier alpha value is -1.77. The summed E-state index contributed by atoms with van der Waals surface area (Å²) in [4.78, 5) is 14.6. The summed E-state index contributed by atoms with van der Waals surface area (Å²) in [7, 11) is 0. The number of fused-ring (bicyclic) bond motifs is 1. The van der Waals surface area contributed by atoms with Gasteiger partial charge in [0, 0.05) is 6.54 Å². The van der Waals surface area contributed by atoms with Crippen LogP contribution in [0.1, 0.15) is 6.92 Å². The Kier molecular flexibility index (Phi) is 3.65. The third kappa shape index (κ3) is 2.80. The zero-order chi connectivity index (χ0) is 14.0. The second-order valence-electron chi connectivity index (χ2n) is 4.43. The van der Waals surface area contributed by atoms with Crippen molar-refractivity contribution < 1.29 is 15.1 Å². The van der Waals surface area contributed by atoms with Crippen LogP contribution in [0.25, 0.3) is 10.2 Å². The molecule has 0 aliphatic rings. The van der Waals surface area contributed by atoms with Gasteiger partial charge in [0.15, 0.2) is 5.52 Å². The van der Waals surface area contributed by atoms with Gasteiger partial charge in [-0.1, -0.05) is 0 Å². The van der Waals surface area contributed by atoms with E-state index >= 15 is 0 Å². The first-order valence-corrected chi connectivity index (χ1v) is 6.40. The van der Waals surface area contributed by atoms with E-state index in [1.54, 1.807) is 17.6 Å². The van der Waals surface area contributed by atoms with E-state index in [4.69, 9.17) is 5.11 Å². The van der Waals surface area contributed by atoms with Crippen LogP contribution in [-0.2, 0) is 0 Å². The van der Waals surface area contributed by atoms with Crippen molar-refractivity contribution in [2.75, 3.05) is 18.5 Å². The van der Waals surface area contributed by atoms with Gasteiger partial charge in [-0.15, -0.1) is 11.3 Å². The minimum atomic E-state index is -1.34. The molecule has 2 aromatic rings. The summed E-state index contributed by atoms with van der Waals surface area (Å²) in [5.41, 5.74) is 0.684. The molecule has 0 amide bonds. The topological polar surface area (TPSA) is 109 Å².